The van der Waals surface area contributed by atoms with Crippen molar-refractivity contribution in [3.63, 3.8) is 0 Å². The summed E-state index contributed by atoms with van der Waals surface area (Å²) in [4.78, 5) is 23.4. The molecule has 0 spiro atoms. The molecule has 5 heteroatoms. The molecule has 2 aromatic heterocycles. The Balaban J connectivity index is 1.63. The third-order valence-corrected chi connectivity index (χ3v) is 4.61. The molecule has 1 saturated heterocycles. The van der Waals surface area contributed by atoms with Crippen LogP contribution in [0.25, 0.3) is 10.9 Å². The van der Waals surface area contributed by atoms with Crippen molar-refractivity contribution in [3.05, 3.63) is 59.9 Å². The van der Waals surface area contributed by atoms with Crippen LogP contribution in [0.4, 0.5) is 11.5 Å². The number of nitrogens with one attached hydrogen (secondary N) is 1. The summed E-state index contributed by atoms with van der Waals surface area (Å²) in [6.45, 7) is 4.25. The second-order valence-electron chi connectivity index (χ2n) is 6.42. The minimum atomic E-state index is -0.160. The van der Waals surface area contributed by atoms with Gasteiger partial charge in [-0.1, -0.05) is 0 Å². The zero-order valence-electron chi connectivity index (χ0n) is 14.2. The van der Waals surface area contributed by atoms with E-state index in [9.17, 15) is 4.79 Å². The van der Waals surface area contributed by atoms with Gasteiger partial charge in [-0.2, -0.15) is 0 Å². The number of aryl methyl sites for hydroxylation is 1. The predicted octanol–water partition coefficient (Wildman–Crippen LogP) is 3.79. The summed E-state index contributed by atoms with van der Waals surface area (Å²) in [6, 6.07) is 11.5. The van der Waals surface area contributed by atoms with Gasteiger partial charge in [-0.05, 0) is 61.7 Å². The molecule has 0 aliphatic carbocycles. The van der Waals surface area contributed by atoms with Crippen molar-refractivity contribution in [2.75, 3.05) is 23.3 Å². The molecule has 1 aliphatic rings. The summed E-state index contributed by atoms with van der Waals surface area (Å²) in [5, 5.41) is 3.99. The molecule has 1 aliphatic heterocycles. The first-order valence-corrected chi connectivity index (χ1v) is 8.58. The molecule has 126 valence electrons. The van der Waals surface area contributed by atoms with Gasteiger partial charge in [-0.15, -0.1) is 0 Å². The van der Waals surface area contributed by atoms with Crippen molar-refractivity contribution < 1.29 is 4.79 Å². The second kappa shape index (κ2) is 6.51. The van der Waals surface area contributed by atoms with Gasteiger partial charge in [0.1, 0.15) is 5.82 Å². The van der Waals surface area contributed by atoms with E-state index in [1.54, 1.807) is 24.5 Å². The molecule has 1 fully saturated rings. The third-order valence-electron chi connectivity index (χ3n) is 4.61. The molecule has 5 nitrogen and oxygen atoms in total. The largest absolute Gasteiger partial charge is 0.357 e. The monoisotopic (exact) mass is 332 g/mol. The van der Waals surface area contributed by atoms with Crippen LogP contribution >= 0.6 is 0 Å². The highest BCUT2D eigenvalue weighted by molar-refractivity contribution is 6.05. The molecule has 0 unspecified atom stereocenters. The number of nitrogens with zero attached hydrogens (tertiary/aromatic N) is 3. The van der Waals surface area contributed by atoms with Crippen LogP contribution in [-0.4, -0.2) is 29.0 Å². The minimum absolute atomic E-state index is 0.160. The summed E-state index contributed by atoms with van der Waals surface area (Å²) < 4.78 is 0. The standard InChI is InChI=1S/C20H20N4O/c1-14-11-19(24-9-2-3-10-24)23-18-7-6-16(12-17(14)18)22-20(25)15-5-4-8-21-13-15/h4-8,11-13H,2-3,9-10H2,1H3,(H,22,25). The average Bonchev–Trinajstić information content (AvgIpc) is 3.17. The lowest BCUT2D eigenvalue weighted by Crippen LogP contribution is -2.19. The van der Waals surface area contributed by atoms with E-state index in [0.29, 0.717) is 5.56 Å². The molecule has 0 saturated carbocycles. The number of hydrogen-bond donors (Lipinski definition) is 1. The number of rotatable bonds is 3. The molecule has 25 heavy (non-hydrogen) atoms. The van der Waals surface area contributed by atoms with Crippen LogP contribution in [0.15, 0.2) is 48.8 Å². The molecule has 1 amide bonds. The minimum Gasteiger partial charge on any atom is -0.357 e. The molecule has 3 heterocycles. The SMILES string of the molecule is Cc1cc(N2CCCC2)nc2ccc(NC(=O)c3cccnc3)cc12. The maximum Gasteiger partial charge on any atom is 0.257 e. The molecule has 1 N–H and O–H groups in total. The fourth-order valence-electron chi connectivity index (χ4n) is 3.26. The van der Waals surface area contributed by atoms with Crippen molar-refractivity contribution >= 4 is 28.3 Å². The van der Waals surface area contributed by atoms with Crippen molar-refractivity contribution in [1.82, 2.24) is 9.97 Å². The van der Waals surface area contributed by atoms with Gasteiger partial charge in [-0.25, -0.2) is 4.98 Å². The molecular formula is C20H20N4O. The number of fused-ring (bicyclic) bond motifs is 1. The highest BCUT2D eigenvalue weighted by Gasteiger charge is 2.15. The van der Waals surface area contributed by atoms with Crippen LogP contribution in [-0.2, 0) is 0 Å². The van der Waals surface area contributed by atoms with Crippen LogP contribution in [0.2, 0.25) is 0 Å². The smallest absolute Gasteiger partial charge is 0.257 e. The Morgan fingerprint density at radius 2 is 2.00 bits per heavy atom. The summed E-state index contributed by atoms with van der Waals surface area (Å²) in [5.41, 5.74) is 3.44. The van der Waals surface area contributed by atoms with Crippen LogP contribution in [0.5, 0.6) is 0 Å². The Morgan fingerprint density at radius 1 is 1.16 bits per heavy atom. The summed E-state index contributed by atoms with van der Waals surface area (Å²) in [7, 11) is 0. The normalized spacial score (nSPS) is 14.0. The quantitative estimate of drug-likeness (QED) is 0.793. The first-order valence-electron chi connectivity index (χ1n) is 8.58. The van der Waals surface area contributed by atoms with Gasteiger partial charge in [0.2, 0.25) is 0 Å². The van der Waals surface area contributed by atoms with Gasteiger partial charge >= 0.3 is 0 Å². The number of amides is 1. The number of carbonyl (C=O) groups is 1. The number of anilines is 2. The summed E-state index contributed by atoms with van der Waals surface area (Å²) in [6.07, 6.45) is 5.68. The summed E-state index contributed by atoms with van der Waals surface area (Å²) >= 11 is 0. The van der Waals surface area contributed by atoms with Crippen LogP contribution < -0.4 is 10.2 Å². The second-order valence-corrected chi connectivity index (χ2v) is 6.42. The lowest BCUT2D eigenvalue weighted by atomic mass is 10.1. The first-order chi connectivity index (χ1) is 12.2. The highest BCUT2D eigenvalue weighted by Crippen LogP contribution is 2.27. The van der Waals surface area contributed by atoms with Crippen molar-refractivity contribution in [2.24, 2.45) is 0 Å². The van der Waals surface area contributed by atoms with E-state index >= 15 is 0 Å². The molecule has 4 rings (SSSR count). The lowest BCUT2D eigenvalue weighted by molar-refractivity contribution is 0.102. The molecule has 1 aromatic carbocycles. The average molecular weight is 332 g/mol. The van der Waals surface area contributed by atoms with Crippen LogP contribution in [0.3, 0.4) is 0 Å². The highest BCUT2D eigenvalue weighted by atomic mass is 16.1. The molecule has 3 aromatic rings. The Kier molecular flexibility index (Phi) is 4.06. The molecule has 0 radical (unpaired) electrons. The fourth-order valence-corrected chi connectivity index (χ4v) is 3.26. The zero-order chi connectivity index (χ0) is 17.2. The maximum atomic E-state index is 12.3. The molecule has 0 bridgehead atoms. The number of hydrogen-bond acceptors (Lipinski definition) is 4. The molecular weight excluding hydrogens is 312 g/mol. The number of carbonyl (C=O) groups excluding carboxylic acids is 1. The van der Waals surface area contributed by atoms with Gasteiger partial charge in [0, 0.05) is 36.6 Å². The van der Waals surface area contributed by atoms with Gasteiger partial charge in [-0.3, -0.25) is 9.78 Å². The van der Waals surface area contributed by atoms with Gasteiger partial charge in [0.25, 0.3) is 5.91 Å². The zero-order valence-corrected chi connectivity index (χ0v) is 14.2. The number of benzene rings is 1. The van der Waals surface area contributed by atoms with Crippen molar-refractivity contribution in [1.29, 1.82) is 0 Å². The predicted molar refractivity (Wildman–Crippen MR) is 100 cm³/mol. The first kappa shape index (κ1) is 15.6. The Bertz CT molecular complexity index is 918. The van der Waals surface area contributed by atoms with E-state index in [0.717, 1.165) is 35.5 Å². The number of pyridine rings is 2. The number of aromatic nitrogens is 2. The topological polar surface area (TPSA) is 58.1 Å². The van der Waals surface area contributed by atoms with Crippen molar-refractivity contribution in [2.45, 2.75) is 19.8 Å². The molecule has 0 atom stereocenters. The van der Waals surface area contributed by atoms with Gasteiger partial charge in [0.15, 0.2) is 0 Å². The van der Waals surface area contributed by atoms with Crippen LogP contribution in [0, 0.1) is 6.92 Å². The fraction of sp³-hybridized carbons (Fsp3) is 0.250. The Morgan fingerprint density at radius 3 is 2.76 bits per heavy atom. The van der Waals surface area contributed by atoms with Crippen molar-refractivity contribution in [3.8, 4) is 0 Å². The van der Waals surface area contributed by atoms with E-state index in [4.69, 9.17) is 4.98 Å². The van der Waals surface area contributed by atoms with Crippen LogP contribution in [0.1, 0.15) is 28.8 Å². The third kappa shape index (κ3) is 3.18. The Labute approximate surface area is 146 Å². The van der Waals surface area contributed by atoms with E-state index in [1.807, 2.05) is 18.2 Å². The summed E-state index contributed by atoms with van der Waals surface area (Å²) in [5.74, 6) is 0.890. The van der Waals surface area contributed by atoms with E-state index in [-0.39, 0.29) is 5.91 Å². The Hall–Kier alpha value is -2.95. The van der Waals surface area contributed by atoms with Gasteiger partial charge in [0.05, 0.1) is 11.1 Å². The lowest BCUT2D eigenvalue weighted by Gasteiger charge is -2.18. The van der Waals surface area contributed by atoms with Gasteiger partial charge < -0.3 is 10.2 Å². The van der Waals surface area contributed by atoms with E-state index in [2.05, 4.69) is 28.2 Å². The van der Waals surface area contributed by atoms with E-state index in [1.165, 1.54) is 18.4 Å². The van der Waals surface area contributed by atoms with E-state index < -0.39 is 0 Å². The maximum absolute atomic E-state index is 12.3.